The molecule has 1 nitrogen and oxygen atoms in total. The molecule has 0 bridgehead atoms. The van der Waals surface area contributed by atoms with Gasteiger partial charge in [-0.1, -0.05) is 38.0 Å². The van der Waals surface area contributed by atoms with Gasteiger partial charge in [-0.25, -0.2) is 0 Å². The topological polar surface area (TPSA) is 12.4 Å². The third kappa shape index (κ3) is 4.20. The first-order chi connectivity index (χ1) is 15.6. The highest BCUT2D eigenvalue weighted by Gasteiger charge is 2.58. The second-order valence-corrected chi connectivity index (χ2v) is 9.16. The molecule has 4 rings (SSSR count). The molecule has 2 aliphatic rings. The maximum Gasteiger partial charge on any atom is 0.416 e. The van der Waals surface area contributed by atoms with E-state index in [1.807, 2.05) is 0 Å². The average Bonchev–Trinajstić information content (AvgIpc) is 2.71. The summed E-state index contributed by atoms with van der Waals surface area (Å²) in [6, 6.07) is 6.56. The molecule has 2 aromatic carbocycles. The molecule has 0 radical (unpaired) electrons. The van der Waals surface area contributed by atoms with Gasteiger partial charge in [0.2, 0.25) is 0 Å². The maximum absolute atomic E-state index is 13.8. The van der Waals surface area contributed by atoms with Gasteiger partial charge >= 0.3 is 18.5 Å². The SMILES string of the molecule is C[C@@]12CCCC[C@]1(CC(F)(F)F)N=C(c1cccc(C(F)(F)F)c1)c1cc(C(F)(F)F)ccc12. The number of benzene rings is 2. The molecule has 0 amide bonds. The van der Waals surface area contributed by atoms with Crippen LogP contribution in [0.5, 0.6) is 0 Å². The Hall–Kier alpha value is -2.52. The number of hydrogen-bond donors (Lipinski definition) is 0. The van der Waals surface area contributed by atoms with Crippen LogP contribution in [0.3, 0.4) is 0 Å². The summed E-state index contributed by atoms with van der Waals surface area (Å²) in [6.45, 7) is 1.57. The molecule has 10 heteroatoms. The monoisotopic (exact) mass is 493 g/mol. The van der Waals surface area contributed by atoms with E-state index in [9.17, 15) is 39.5 Å². The fourth-order valence-electron chi connectivity index (χ4n) is 5.36. The van der Waals surface area contributed by atoms with E-state index >= 15 is 0 Å². The summed E-state index contributed by atoms with van der Waals surface area (Å²) in [7, 11) is 0. The van der Waals surface area contributed by atoms with Gasteiger partial charge in [-0.05, 0) is 42.7 Å². The molecule has 1 aliphatic carbocycles. The standard InChI is InChI=1S/C24H20F9N/c1-20-9-2-3-10-21(20,13-22(25,26)27)34-19(14-5-4-6-15(11-14)23(28,29)30)17-12-16(24(31,32)33)7-8-18(17)20/h4-8,11-12H,2-3,9-10,13H2,1H3/t20-,21+/m0/s1. The number of hydrogen-bond acceptors (Lipinski definition) is 1. The maximum atomic E-state index is 13.8. The van der Waals surface area contributed by atoms with Crippen molar-refractivity contribution in [3.8, 4) is 0 Å². The fourth-order valence-corrected chi connectivity index (χ4v) is 5.36. The summed E-state index contributed by atoms with van der Waals surface area (Å²) in [5.74, 6) is 0. The van der Waals surface area contributed by atoms with Crippen molar-refractivity contribution in [1.29, 1.82) is 0 Å². The van der Waals surface area contributed by atoms with Crippen LogP contribution in [0.2, 0.25) is 0 Å². The molecule has 1 heterocycles. The van der Waals surface area contributed by atoms with Gasteiger partial charge in [0.15, 0.2) is 0 Å². The molecule has 1 aliphatic heterocycles. The van der Waals surface area contributed by atoms with Gasteiger partial charge in [-0.2, -0.15) is 39.5 Å². The number of alkyl halides is 9. The van der Waals surface area contributed by atoms with Crippen molar-refractivity contribution < 1.29 is 39.5 Å². The molecule has 0 N–H and O–H groups in total. The molecule has 2 aromatic rings. The van der Waals surface area contributed by atoms with Crippen molar-refractivity contribution in [3.05, 3.63) is 70.3 Å². The number of aliphatic imine (C=N–C) groups is 1. The zero-order valence-electron chi connectivity index (χ0n) is 17.9. The third-order valence-corrected chi connectivity index (χ3v) is 7.02. The van der Waals surface area contributed by atoms with Crippen molar-refractivity contribution >= 4 is 5.71 Å². The van der Waals surface area contributed by atoms with E-state index in [1.165, 1.54) is 6.07 Å². The summed E-state index contributed by atoms with van der Waals surface area (Å²) in [4.78, 5) is 4.41. The van der Waals surface area contributed by atoms with E-state index in [0.29, 0.717) is 12.8 Å². The van der Waals surface area contributed by atoms with E-state index in [0.717, 1.165) is 36.4 Å². The largest absolute Gasteiger partial charge is 0.416 e. The van der Waals surface area contributed by atoms with Crippen LogP contribution in [0.1, 0.15) is 66.8 Å². The highest BCUT2D eigenvalue weighted by Crippen LogP contribution is 2.56. The van der Waals surface area contributed by atoms with E-state index in [-0.39, 0.29) is 35.2 Å². The second-order valence-electron chi connectivity index (χ2n) is 9.16. The molecule has 0 aromatic heterocycles. The van der Waals surface area contributed by atoms with E-state index in [1.54, 1.807) is 6.92 Å². The Balaban J connectivity index is 2.03. The molecule has 1 fully saturated rings. The van der Waals surface area contributed by atoms with Crippen LogP contribution in [0.25, 0.3) is 0 Å². The van der Waals surface area contributed by atoms with Crippen LogP contribution in [-0.2, 0) is 17.8 Å². The second kappa shape index (κ2) is 7.75. The van der Waals surface area contributed by atoms with Gasteiger partial charge in [0.05, 0.1) is 28.8 Å². The van der Waals surface area contributed by atoms with Crippen molar-refractivity contribution in [2.24, 2.45) is 4.99 Å². The van der Waals surface area contributed by atoms with Crippen molar-refractivity contribution in [3.63, 3.8) is 0 Å². The smallest absolute Gasteiger partial charge is 0.276 e. The quantitative estimate of drug-likeness (QED) is 0.375. The Bertz CT molecular complexity index is 1130. The minimum absolute atomic E-state index is 0.0198. The van der Waals surface area contributed by atoms with Gasteiger partial charge in [0, 0.05) is 16.5 Å². The lowest BCUT2D eigenvalue weighted by molar-refractivity contribution is -0.156. The van der Waals surface area contributed by atoms with Crippen molar-refractivity contribution in [1.82, 2.24) is 0 Å². The highest BCUT2D eigenvalue weighted by molar-refractivity contribution is 6.15. The Morgan fingerprint density at radius 1 is 0.794 bits per heavy atom. The summed E-state index contributed by atoms with van der Waals surface area (Å²) >= 11 is 0. The summed E-state index contributed by atoms with van der Waals surface area (Å²) in [5, 5.41) is 0. The van der Waals surface area contributed by atoms with Crippen LogP contribution in [0.4, 0.5) is 39.5 Å². The lowest BCUT2D eigenvalue weighted by Gasteiger charge is -2.53. The molecule has 0 unspecified atom stereocenters. The van der Waals surface area contributed by atoms with Crippen LogP contribution >= 0.6 is 0 Å². The van der Waals surface area contributed by atoms with Crippen LogP contribution in [-0.4, -0.2) is 17.4 Å². The minimum Gasteiger partial charge on any atom is -0.276 e. The zero-order chi connectivity index (χ0) is 25.2. The average molecular weight is 493 g/mol. The Morgan fingerprint density at radius 2 is 1.41 bits per heavy atom. The zero-order valence-corrected chi connectivity index (χ0v) is 17.9. The van der Waals surface area contributed by atoms with Crippen molar-refractivity contribution in [2.45, 2.75) is 68.5 Å². The number of rotatable bonds is 2. The molecule has 0 spiro atoms. The molecule has 184 valence electrons. The molecule has 1 saturated carbocycles. The van der Waals surface area contributed by atoms with Gasteiger partial charge in [-0.3, -0.25) is 4.99 Å². The van der Waals surface area contributed by atoms with Crippen LogP contribution < -0.4 is 0 Å². The summed E-state index contributed by atoms with van der Waals surface area (Å²) < 4.78 is 122. The summed E-state index contributed by atoms with van der Waals surface area (Å²) in [6.07, 6.45) is -14.2. The van der Waals surface area contributed by atoms with Gasteiger partial charge in [-0.15, -0.1) is 0 Å². The Labute approximate surface area is 189 Å². The Morgan fingerprint density at radius 3 is 2.03 bits per heavy atom. The van der Waals surface area contributed by atoms with E-state index in [4.69, 9.17) is 0 Å². The summed E-state index contributed by atoms with van der Waals surface area (Å²) in [5.41, 5.74) is -5.38. The van der Waals surface area contributed by atoms with Crippen molar-refractivity contribution in [2.75, 3.05) is 0 Å². The third-order valence-electron chi connectivity index (χ3n) is 7.02. The first-order valence-electron chi connectivity index (χ1n) is 10.6. The normalized spacial score (nSPS) is 25.4. The molecular weight excluding hydrogens is 473 g/mol. The molecular formula is C24H20F9N. The van der Waals surface area contributed by atoms with E-state index < -0.39 is 47.0 Å². The number of fused-ring (bicyclic) bond motifs is 3. The fraction of sp³-hybridized carbons (Fsp3) is 0.458. The molecule has 0 saturated heterocycles. The number of halogens is 9. The minimum atomic E-state index is -4.75. The number of nitrogens with zero attached hydrogens (tertiary/aromatic N) is 1. The predicted molar refractivity (Wildman–Crippen MR) is 108 cm³/mol. The van der Waals surface area contributed by atoms with Crippen LogP contribution in [0, 0.1) is 0 Å². The first kappa shape index (κ1) is 24.6. The van der Waals surface area contributed by atoms with Gasteiger partial charge in [0.1, 0.15) is 0 Å². The molecule has 2 atom stereocenters. The first-order valence-corrected chi connectivity index (χ1v) is 10.6. The Kier molecular flexibility index (Phi) is 5.60. The predicted octanol–water partition coefficient (Wildman–Crippen LogP) is 8.10. The van der Waals surface area contributed by atoms with Crippen LogP contribution in [0.15, 0.2) is 47.5 Å². The van der Waals surface area contributed by atoms with E-state index in [2.05, 4.69) is 4.99 Å². The van der Waals surface area contributed by atoms with Gasteiger partial charge < -0.3 is 0 Å². The van der Waals surface area contributed by atoms with Gasteiger partial charge in [0.25, 0.3) is 0 Å². The molecule has 34 heavy (non-hydrogen) atoms. The lowest BCUT2D eigenvalue weighted by Crippen LogP contribution is -2.56. The highest BCUT2D eigenvalue weighted by atomic mass is 19.4. The lowest BCUT2D eigenvalue weighted by atomic mass is 9.55.